The number of ether oxygens (including phenoxy) is 1. The van der Waals surface area contributed by atoms with Crippen LogP contribution in [0.25, 0.3) is 6.08 Å². The van der Waals surface area contributed by atoms with Crippen molar-refractivity contribution in [3.05, 3.63) is 105 Å². The molecular weight excluding hydrogens is 406 g/mol. The van der Waals surface area contributed by atoms with Crippen LogP contribution in [0.1, 0.15) is 15.9 Å². The second-order valence-electron chi connectivity index (χ2n) is 6.20. The highest BCUT2D eigenvalue weighted by molar-refractivity contribution is 7.96. The Labute approximate surface area is 173 Å². The fraction of sp³-hybridized carbons (Fsp3) is 0.0455. The van der Waals surface area contributed by atoms with Crippen molar-refractivity contribution >= 4 is 27.4 Å². The summed E-state index contributed by atoms with van der Waals surface area (Å²) in [6, 6.07) is 19.1. The van der Waals surface area contributed by atoms with Crippen LogP contribution in [-0.4, -0.2) is 26.2 Å². The van der Waals surface area contributed by atoms with Gasteiger partial charge in [0.1, 0.15) is 10.7 Å². The molecule has 7 nitrogen and oxygen atoms in total. The van der Waals surface area contributed by atoms with Gasteiger partial charge in [0, 0.05) is 11.6 Å². The van der Waals surface area contributed by atoms with E-state index in [4.69, 9.17) is 4.74 Å². The third-order valence-corrected chi connectivity index (χ3v) is 6.11. The Morgan fingerprint density at radius 3 is 2.13 bits per heavy atom. The number of hydrogen-bond acceptors (Lipinski definition) is 6. The number of Topliss-reactive ketones (excluding diaryl/α,β-unsaturated/α-hetero) is 1. The van der Waals surface area contributed by atoms with Crippen LogP contribution < -0.4 is 4.74 Å². The van der Waals surface area contributed by atoms with E-state index in [1.54, 1.807) is 18.2 Å². The van der Waals surface area contributed by atoms with Gasteiger partial charge in [0.2, 0.25) is 15.6 Å². The van der Waals surface area contributed by atoms with E-state index in [-0.39, 0.29) is 21.7 Å². The fourth-order valence-corrected chi connectivity index (χ4v) is 4.19. The molecule has 0 amide bonds. The first-order chi connectivity index (χ1) is 14.3. The van der Waals surface area contributed by atoms with Crippen LogP contribution in [-0.2, 0) is 9.84 Å². The Morgan fingerprint density at radius 2 is 1.53 bits per heavy atom. The summed E-state index contributed by atoms with van der Waals surface area (Å²) in [4.78, 5) is 23.2. The Morgan fingerprint density at radius 1 is 0.933 bits per heavy atom. The van der Waals surface area contributed by atoms with E-state index in [1.807, 2.05) is 0 Å². The zero-order valence-corrected chi connectivity index (χ0v) is 16.7. The third-order valence-electron chi connectivity index (χ3n) is 4.34. The molecule has 0 aliphatic rings. The van der Waals surface area contributed by atoms with Gasteiger partial charge in [0.15, 0.2) is 0 Å². The van der Waals surface area contributed by atoms with E-state index in [0.717, 1.165) is 6.08 Å². The lowest BCUT2D eigenvalue weighted by Crippen LogP contribution is -2.14. The molecule has 0 bridgehead atoms. The Balaban J connectivity index is 2.22. The summed E-state index contributed by atoms with van der Waals surface area (Å²) in [6.45, 7) is 0. The minimum Gasteiger partial charge on any atom is -0.497 e. The van der Waals surface area contributed by atoms with Crippen molar-refractivity contribution in [1.82, 2.24) is 0 Å². The number of carbonyl (C=O) groups excluding carboxylic acids is 1. The summed E-state index contributed by atoms with van der Waals surface area (Å²) in [7, 11) is -2.83. The van der Waals surface area contributed by atoms with Crippen molar-refractivity contribution in [1.29, 1.82) is 0 Å². The molecule has 0 radical (unpaired) electrons. The topological polar surface area (TPSA) is 104 Å². The summed E-state index contributed by atoms with van der Waals surface area (Å²) >= 11 is 0. The van der Waals surface area contributed by atoms with E-state index >= 15 is 0 Å². The number of sulfone groups is 1. The molecular formula is C22H17NO6S. The molecule has 0 unspecified atom stereocenters. The average Bonchev–Trinajstić information content (AvgIpc) is 2.77. The normalized spacial score (nSPS) is 11.7. The van der Waals surface area contributed by atoms with Gasteiger partial charge in [-0.3, -0.25) is 14.9 Å². The molecule has 0 spiro atoms. The zero-order chi connectivity index (χ0) is 21.7. The van der Waals surface area contributed by atoms with Gasteiger partial charge in [-0.25, -0.2) is 8.42 Å². The number of nitro groups is 1. The number of ketones is 1. The van der Waals surface area contributed by atoms with Crippen molar-refractivity contribution < 1.29 is 22.9 Å². The van der Waals surface area contributed by atoms with Crippen LogP contribution in [0.5, 0.6) is 5.75 Å². The number of hydrogen-bond donors (Lipinski definition) is 0. The number of para-hydroxylation sites is 1. The van der Waals surface area contributed by atoms with E-state index in [0.29, 0.717) is 5.75 Å². The largest absolute Gasteiger partial charge is 0.497 e. The maximum atomic E-state index is 13.3. The first-order valence-corrected chi connectivity index (χ1v) is 10.3. The smallest absolute Gasteiger partial charge is 0.276 e. The quantitative estimate of drug-likeness (QED) is 0.243. The first-order valence-electron chi connectivity index (χ1n) is 8.78. The standard InChI is InChI=1S/C22H17NO6S/c1-29-18-11-13-19(14-12-18)30(27,28)21(22(24)16-7-3-2-4-8-16)15-17-9-5-6-10-20(17)23(25)26/h2-15H,1H3. The average molecular weight is 423 g/mol. The van der Waals surface area contributed by atoms with Crippen LogP contribution in [0.3, 0.4) is 0 Å². The van der Waals surface area contributed by atoms with Gasteiger partial charge >= 0.3 is 0 Å². The van der Waals surface area contributed by atoms with E-state index < -0.39 is 25.4 Å². The molecule has 0 N–H and O–H groups in total. The van der Waals surface area contributed by atoms with Crippen LogP contribution in [0, 0.1) is 10.1 Å². The molecule has 0 fully saturated rings. The molecule has 0 saturated carbocycles. The molecule has 3 rings (SSSR count). The Kier molecular flexibility index (Phi) is 6.08. The summed E-state index contributed by atoms with van der Waals surface area (Å²) < 4.78 is 31.7. The van der Waals surface area contributed by atoms with E-state index in [1.165, 1.54) is 67.8 Å². The number of nitro benzene ring substituents is 1. The summed E-state index contributed by atoms with van der Waals surface area (Å²) in [5.41, 5.74) is -0.140. The van der Waals surface area contributed by atoms with Gasteiger partial charge < -0.3 is 4.74 Å². The Bertz CT molecular complexity index is 1220. The molecule has 0 atom stereocenters. The van der Waals surface area contributed by atoms with Gasteiger partial charge in [0.05, 0.1) is 22.5 Å². The summed E-state index contributed by atoms with van der Waals surface area (Å²) in [6.07, 6.45) is 1.05. The number of rotatable bonds is 7. The molecule has 0 aliphatic carbocycles. The van der Waals surface area contributed by atoms with Gasteiger partial charge in [-0.2, -0.15) is 0 Å². The third kappa shape index (κ3) is 4.28. The predicted molar refractivity (Wildman–Crippen MR) is 112 cm³/mol. The lowest BCUT2D eigenvalue weighted by Gasteiger charge is -2.10. The second kappa shape index (κ2) is 8.71. The second-order valence-corrected chi connectivity index (χ2v) is 8.12. The summed E-state index contributed by atoms with van der Waals surface area (Å²) in [5, 5.41) is 11.4. The van der Waals surface area contributed by atoms with Gasteiger partial charge in [-0.15, -0.1) is 0 Å². The van der Waals surface area contributed by atoms with Gasteiger partial charge in [-0.1, -0.05) is 42.5 Å². The van der Waals surface area contributed by atoms with Crippen LogP contribution >= 0.6 is 0 Å². The van der Waals surface area contributed by atoms with Gasteiger partial charge in [-0.05, 0) is 36.4 Å². The van der Waals surface area contributed by atoms with Crippen LogP contribution in [0.2, 0.25) is 0 Å². The summed E-state index contributed by atoms with van der Waals surface area (Å²) in [5.74, 6) is -0.308. The molecule has 0 aliphatic heterocycles. The first kappa shape index (κ1) is 20.9. The molecule has 3 aromatic rings. The molecule has 0 aromatic heterocycles. The number of nitrogens with zero attached hydrogens (tertiary/aromatic N) is 1. The number of methoxy groups -OCH3 is 1. The highest BCUT2D eigenvalue weighted by atomic mass is 32.2. The molecule has 152 valence electrons. The van der Waals surface area contributed by atoms with Crippen LogP contribution in [0.15, 0.2) is 88.7 Å². The number of carbonyl (C=O) groups is 1. The predicted octanol–water partition coefficient (Wildman–Crippen LogP) is 4.30. The highest BCUT2D eigenvalue weighted by Crippen LogP contribution is 2.29. The SMILES string of the molecule is COc1ccc(S(=O)(=O)C(=Cc2ccccc2[N+](=O)[O-])C(=O)c2ccccc2)cc1. The fourth-order valence-electron chi connectivity index (χ4n) is 2.80. The van der Waals surface area contributed by atoms with Crippen molar-refractivity contribution in [2.75, 3.05) is 7.11 Å². The molecule has 8 heteroatoms. The minimum atomic E-state index is -4.28. The van der Waals surface area contributed by atoms with Gasteiger partial charge in [0.25, 0.3) is 5.69 Å². The van der Waals surface area contributed by atoms with Crippen molar-refractivity contribution in [2.45, 2.75) is 4.90 Å². The van der Waals surface area contributed by atoms with Crippen molar-refractivity contribution in [2.24, 2.45) is 0 Å². The highest BCUT2D eigenvalue weighted by Gasteiger charge is 2.29. The lowest BCUT2D eigenvalue weighted by molar-refractivity contribution is -0.385. The molecule has 0 heterocycles. The number of benzene rings is 3. The lowest BCUT2D eigenvalue weighted by atomic mass is 10.1. The van der Waals surface area contributed by atoms with Crippen molar-refractivity contribution in [3.8, 4) is 5.75 Å². The van der Waals surface area contributed by atoms with E-state index in [9.17, 15) is 23.3 Å². The molecule has 0 saturated heterocycles. The zero-order valence-electron chi connectivity index (χ0n) is 15.9. The van der Waals surface area contributed by atoms with E-state index in [2.05, 4.69) is 0 Å². The monoisotopic (exact) mass is 423 g/mol. The molecule has 3 aromatic carbocycles. The van der Waals surface area contributed by atoms with Crippen LogP contribution in [0.4, 0.5) is 5.69 Å². The Hall–Kier alpha value is -3.78. The minimum absolute atomic E-state index is 0.0128. The maximum Gasteiger partial charge on any atom is 0.276 e. The maximum absolute atomic E-state index is 13.3. The number of allylic oxidation sites excluding steroid dienone is 1. The molecule has 30 heavy (non-hydrogen) atoms. The van der Waals surface area contributed by atoms with Crippen molar-refractivity contribution in [3.63, 3.8) is 0 Å².